The van der Waals surface area contributed by atoms with Gasteiger partial charge in [-0.2, -0.15) is 50.8 Å². The Labute approximate surface area is 242 Å². The highest BCUT2D eigenvalue weighted by atomic mass is 35.5. The third-order valence-corrected chi connectivity index (χ3v) is 5.46. The van der Waals surface area contributed by atoms with Crippen molar-refractivity contribution in [3.05, 3.63) is 88.5 Å². The fraction of sp³-hybridized carbons (Fsp3) is 0.200. The maximum Gasteiger partial charge on any atom is 0.461 e. The van der Waals surface area contributed by atoms with Gasteiger partial charge in [-0.3, -0.25) is 0 Å². The predicted molar refractivity (Wildman–Crippen MR) is 137 cm³/mol. The number of aromatic nitrogens is 4. The van der Waals surface area contributed by atoms with Crippen LogP contribution in [0.15, 0.2) is 71.0 Å². The predicted octanol–water partition coefficient (Wildman–Crippen LogP) is 7.95. The SMILES string of the molecule is Fc1ccc(Nc2nc(N=NCc3ccc(OC(F)(F)C(F)F)cc3)nc(NCc3ccc(Cl)nc3)n2)cc1C(F)(F)F. The minimum Gasteiger partial charge on any atom is -0.428 e. The van der Waals surface area contributed by atoms with Crippen molar-refractivity contribution < 1.29 is 39.9 Å². The number of hydrogen-bond acceptors (Lipinski definition) is 9. The van der Waals surface area contributed by atoms with Crippen molar-refractivity contribution in [1.29, 1.82) is 0 Å². The Hall–Kier alpha value is -4.67. The van der Waals surface area contributed by atoms with E-state index in [0.29, 0.717) is 23.3 Å². The third-order valence-electron chi connectivity index (χ3n) is 5.24. The summed E-state index contributed by atoms with van der Waals surface area (Å²) in [7, 11) is 0. The molecule has 2 heterocycles. The van der Waals surface area contributed by atoms with Gasteiger partial charge in [0, 0.05) is 18.4 Å². The van der Waals surface area contributed by atoms with E-state index < -0.39 is 35.8 Å². The van der Waals surface area contributed by atoms with Gasteiger partial charge in [0.25, 0.3) is 5.95 Å². The smallest absolute Gasteiger partial charge is 0.428 e. The molecule has 0 atom stereocenters. The van der Waals surface area contributed by atoms with Crippen molar-refractivity contribution >= 4 is 35.1 Å². The molecule has 2 aromatic carbocycles. The van der Waals surface area contributed by atoms with Crippen LogP contribution in [0, 0.1) is 5.82 Å². The lowest BCUT2D eigenvalue weighted by Crippen LogP contribution is -2.33. The fourth-order valence-corrected chi connectivity index (χ4v) is 3.34. The first-order valence-corrected chi connectivity index (χ1v) is 12.2. The van der Waals surface area contributed by atoms with Gasteiger partial charge in [-0.25, -0.2) is 9.37 Å². The molecule has 18 heteroatoms. The van der Waals surface area contributed by atoms with Crippen molar-refractivity contribution in [2.24, 2.45) is 10.2 Å². The molecule has 0 saturated carbocycles. The summed E-state index contributed by atoms with van der Waals surface area (Å²) in [5, 5.41) is 13.5. The Morgan fingerprint density at radius 2 is 1.58 bits per heavy atom. The van der Waals surface area contributed by atoms with E-state index in [0.717, 1.165) is 18.2 Å². The Morgan fingerprint density at radius 3 is 2.23 bits per heavy atom. The molecule has 0 amide bonds. The molecular weight excluding hydrogens is 616 g/mol. The zero-order valence-electron chi connectivity index (χ0n) is 21.3. The fourth-order valence-electron chi connectivity index (χ4n) is 3.23. The number of halogens is 9. The molecule has 0 aliphatic carbocycles. The third kappa shape index (κ3) is 8.91. The number of alkyl halides is 7. The van der Waals surface area contributed by atoms with Crippen molar-refractivity contribution in [2.45, 2.75) is 31.8 Å². The molecule has 0 spiro atoms. The van der Waals surface area contributed by atoms with Gasteiger partial charge >= 0.3 is 18.7 Å². The quantitative estimate of drug-likeness (QED) is 0.0981. The zero-order valence-corrected chi connectivity index (χ0v) is 22.0. The standard InChI is InChI=1S/C25H17ClF8N8O/c26-19-8-3-14(10-35-19)11-36-21-39-22(38-15-4-7-18(27)17(9-15)24(30,31)32)41-23(40-21)42-37-12-13-1-5-16(6-2-13)43-25(33,34)20(28)29/h1-10,20H,11-12H2,(H2,36,38,39,40,41). The molecule has 0 fully saturated rings. The molecule has 43 heavy (non-hydrogen) atoms. The summed E-state index contributed by atoms with van der Waals surface area (Å²) >= 11 is 5.78. The van der Waals surface area contributed by atoms with Crippen LogP contribution in [0.3, 0.4) is 0 Å². The van der Waals surface area contributed by atoms with Gasteiger partial charge in [-0.1, -0.05) is 29.8 Å². The summed E-state index contributed by atoms with van der Waals surface area (Å²) in [5.41, 5.74) is -0.595. The highest BCUT2D eigenvalue weighted by molar-refractivity contribution is 6.29. The van der Waals surface area contributed by atoms with E-state index in [9.17, 15) is 35.1 Å². The van der Waals surface area contributed by atoms with Crippen LogP contribution in [0.5, 0.6) is 5.75 Å². The highest BCUT2D eigenvalue weighted by Gasteiger charge is 2.44. The summed E-state index contributed by atoms with van der Waals surface area (Å²) in [5.74, 6) is -2.59. The number of nitrogens with one attached hydrogen (secondary N) is 2. The maximum absolute atomic E-state index is 13.7. The van der Waals surface area contributed by atoms with Gasteiger partial charge in [-0.15, -0.1) is 5.11 Å². The Morgan fingerprint density at radius 1 is 0.884 bits per heavy atom. The van der Waals surface area contributed by atoms with Crippen LogP contribution in [0.1, 0.15) is 16.7 Å². The van der Waals surface area contributed by atoms with Crippen LogP contribution in [0.4, 0.5) is 58.7 Å². The first-order chi connectivity index (χ1) is 20.3. The lowest BCUT2D eigenvalue weighted by Gasteiger charge is -2.16. The Kier molecular flexibility index (Phi) is 9.53. The summed E-state index contributed by atoms with van der Waals surface area (Å²) in [6, 6.07) is 10.1. The summed E-state index contributed by atoms with van der Waals surface area (Å²) in [6.07, 6.45) is -12.1. The molecule has 4 aromatic rings. The van der Waals surface area contributed by atoms with E-state index in [-0.39, 0.29) is 41.8 Å². The second-order valence-electron chi connectivity index (χ2n) is 8.45. The summed E-state index contributed by atoms with van der Waals surface area (Å²) < 4.78 is 108. The van der Waals surface area contributed by atoms with Gasteiger partial charge in [0.05, 0.1) is 12.1 Å². The molecule has 0 unspecified atom stereocenters. The van der Waals surface area contributed by atoms with Gasteiger partial charge in [-0.05, 0) is 47.5 Å². The Balaban J connectivity index is 1.53. The molecule has 0 bridgehead atoms. The van der Waals surface area contributed by atoms with Gasteiger partial charge in [0.15, 0.2) is 0 Å². The first-order valence-electron chi connectivity index (χ1n) is 11.8. The summed E-state index contributed by atoms with van der Waals surface area (Å²) in [6.45, 7) is 0.0179. The zero-order chi connectivity index (χ0) is 31.2. The van der Waals surface area contributed by atoms with Gasteiger partial charge in [0.2, 0.25) is 11.9 Å². The average Bonchev–Trinajstić information content (AvgIpc) is 2.94. The first kappa shape index (κ1) is 31.3. The van der Waals surface area contributed by atoms with Crippen molar-refractivity contribution in [2.75, 3.05) is 10.6 Å². The number of rotatable bonds is 11. The molecule has 226 valence electrons. The number of pyridine rings is 1. The molecule has 0 aliphatic heterocycles. The van der Waals surface area contributed by atoms with Crippen molar-refractivity contribution in [1.82, 2.24) is 19.9 Å². The van der Waals surface area contributed by atoms with E-state index in [1.165, 1.54) is 18.3 Å². The monoisotopic (exact) mass is 632 g/mol. The number of anilines is 3. The van der Waals surface area contributed by atoms with E-state index in [1.54, 1.807) is 12.1 Å². The molecular formula is C25H17ClF8N8O. The topological polar surface area (TPSA) is 110 Å². The van der Waals surface area contributed by atoms with E-state index in [2.05, 4.69) is 45.5 Å². The number of nitrogens with zero attached hydrogens (tertiary/aromatic N) is 6. The number of hydrogen-bond donors (Lipinski definition) is 2. The molecule has 9 nitrogen and oxygen atoms in total. The van der Waals surface area contributed by atoms with Crippen LogP contribution in [0.2, 0.25) is 5.15 Å². The molecule has 0 radical (unpaired) electrons. The molecule has 4 rings (SSSR count). The number of ether oxygens (including phenoxy) is 1. The number of azo groups is 1. The van der Waals surface area contributed by atoms with E-state index in [4.69, 9.17) is 11.6 Å². The number of benzene rings is 2. The van der Waals surface area contributed by atoms with Crippen LogP contribution in [-0.2, 0) is 19.3 Å². The largest absolute Gasteiger partial charge is 0.461 e. The minimum absolute atomic E-state index is 0.0685. The van der Waals surface area contributed by atoms with Crippen molar-refractivity contribution in [3.63, 3.8) is 0 Å². The van der Waals surface area contributed by atoms with Crippen molar-refractivity contribution in [3.8, 4) is 5.75 Å². The summed E-state index contributed by atoms with van der Waals surface area (Å²) in [4.78, 5) is 16.1. The van der Waals surface area contributed by atoms with E-state index >= 15 is 0 Å². The average molecular weight is 633 g/mol. The van der Waals surface area contributed by atoms with Crippen LogP contribution >= 0.6 is 11.6 Å². The van der Waals surface area contributed by atoms with Gasteiger partial charge in [0.1, 0.15) is 16.7 Å². The van der Waals surface area contributed by atoms with Crippen LogP contribution < -0.4 is 15.4 Å². The van der Waals surface area contributed by atoms with Gasteiger partial charge < -0.3 is 15.4 Å². The lowest BCUT2D eigenvalue weighted by atomic mass is 10.2. The molecule has 2 aromatic heterocycles. The van der Waals surface area contributed by atoms with E-state index in [1.807, 2.05) is 0 Å². The maximum atomic E-state index is 13.7. The van der Waals surface area contributed by atoms with Crippen LogP contribution in [0.25, 0.3) is 0 Å². The lowest BCUT2D eigenvalue weighted by molar-refractivity contribution is -0.253. The highest BCUT2D eigenvalue weighted by Crippen LogP contribution is 2.33. The normalized spacial score (nSPS) is 12.1. The minimum atomic E-state index is -4.95. The second-order valence-corrected chi connectivity index (χ2v) is 8.84. The van der Waals surface area contributed by atoms with Crippen LogP contribution in [-0.4, -0.2) is 32.5 Å². The molecule has 2 N–H and O–H groups in total. The second kappa shape index (κ2) is 13.1. The molecule has 0 saturated heterocycles. The Bertz CT molecular complexity index is 1570. The molecule has 0 aliphatic rings.